The van der Waals surface area contributed by atoms with Gasteiger partial charge >= 0.3 is 0 Å². The van der Waals surface area contributed by atoms with E-state index in [1.54, 1.807) is 12.1 Å². The first-order chi connectivity index (χ1) is 10.4. The molecule has 1 aliphatic rings. The molecule has 1 aliphatic heterocycles. The predicted molar refractivity (Wildman–Crippen MR) is 89.9 cm³/mol. The number of fused-ring (bicyclic) bond motifs is 1. The molecule has 2 aromatic rings. The molecule has 116 valence electrons. The minimum absolute atomic E-state index is 0.229. The monoisotopic (exact) mass is 317 g/mol. The van der Waals surface area contributed by atoms with Crippen molar-refractivity contribution in [2.24, 2.45) is 0 Å². The summed E-state index contributed by atoms with van der Waals surface area (Å²) in [6.45, 7) is 0.469. The molecule has 0 saturated heterocycles. The highest BCUT2D eigenvalue weighted by molar-refractivity contribution is 7.92. The van der Waals surface area contributed by atoms with Crippen molar-refractivity contribution < 1.29 is 8.42 Å². The molecule has 0 spiro atoms. The molecule has 0 atom stereocenters. The molecule has 2 aromatic carbocycles. The number of para-hydroxylation sites is 1. The van der Waals surface area contributed by atoms with Gasteiger partial charge in [0.2, 0.25) is 0 Å². The van der Waals surface area contributed by atoms with Gasteiger partial charge in [-0.25, -0.2) is 8.42 Å². The van der Waals surface area contributed by atoms with E-state index in [2.05, 4.69) is 0 Å². The Labute approximate surface area is 131 Å². The zero-order chi connectivity index (χ0) is 15.9. The van der Waals surface area contributed by atoms with Crippen molar-refractivity contribution in [2.45, 2.75) is 11.3 Å². The number of anilines is 3. The maximum atomic E-state index is 12.9. The molecule has 0 aliphatic carbocycles. The van der Waals surface area contributed by atoms with E-state index in [4.69, 9.17) is 5.73 Å². The van der Waals surface area contributed by atoms with Gasteiger partial charge in [0.25, 0.3) is 10.0 Å². The van der Waals surface area contributed by atoms with Crippen LogP contribution >= 0.6 is 0 Å². The van der Waals surface area contributed by atoms with E-state index in [-0.39, 0.29) is 4.90 Å². The average molecular weight is 317 g/mol. The van der Waals surface area contributed by atoms with Gasteiger partial charge in [0.15, 0.2) is 0 Å². The van der Waals surface area contributed by atoms with Crippen LogP contribution in [0.5, 0.6) is 0 Å². The Bertz CT molecular complexity index is 816. The zero-order valence-electron chi connectivity index (χ0n) is 12.7. The third-order valence-corrected chi connectivity index (χ3v) is 5.72. The normalized spacial score (nSPS) is 14.0. The fourth-order valence-electron chi connectivity index (χ4n) is 2.79. The van der Waals surface area contributed by atoms with Crippen LogP contribution in [-0.2, 0) is 16.4 Å². The van der Waals surface area contributed by atoms with Gasteiger partial charge < -0.3 is 10.6 Å². The highest BCUT2D eigenvalue weighted by Gasteiger charge is 2.30. The van der Waals surface area contributed by atoms with Gasteiger partial charge in [-0.15, -0.1) is 0 Å². The summed E-state index contributed by atoms with van der Waals surface area (Å²) >= 11 is 0. The second kappa shape index (κ2) is 5.21. The number of nitrogens with zero attached hydrogens (tertiary/aromatic N) is 2. The Morgan fingerprint density at radius 1 is 1.14 bits per heavy atom. The zero-order valence-corrected chi connectivity index (χ0v) is 13.5. The summed E-state index contributed by atoms with van der Waals surface area (Å²) in [6, 6.07) is 12.5. The topological polar surface area (TPSA) is 66.6 Å². The maximum absolute atomic E-state index is 12.9. The Morgan fingerprint density at radius 3 is 2.55 bits per heavy atom. The smallest absolute Gasteiger partial charge is 0.264 e. The molecule has 0 fully saturated rings. The van der Waals surface area contributed by atoms with E-state index in [9.17, 15) is 8.42 Å². The van der Waals surface area contributed by atoms with E-state index in [0.29, 0.717) is 12.2 Å². The van der Waals surface area contributed by atoms with Crippen LogP contribution in [0.4, 0.5) is 17.1 Å². The Morgan fingerprint density at radius 2 is 1.86 bits per heavy atom. The van der Waals surface area contributed by atoms with Gasteiger partial charge in [-0.05, 0) is 36.2 Å². The first kappa shape index (κ1) is 14.7. The average Bonchev–Trinajstić information content (AvgIpc) is 2.91. The van der Waals surface area contributed by atoms with Crippen LogP contribution in [0.1, 0.15) is 5.56 Å². The van der Waals surface area contributed by atoms with Crippen LogP contribution in [0.25, 0.3) is 0 Å². The molecule has 6 heteroatoms. The first-order valence-corrected chi connectivity index (χ1v) is 8.53. The van der Waals surface area contributed by atoms with Crippen molar-refractivity contribution in [3.63, 3.8) is 0 Å². The molecule has 3 rings (SSSR count). The summed E-state index contributed by atoms with van der Waals surface area (Å²) < 4.78 is 27.2. The minimum atomic E-state index is -3.58. The van der Waals surface area contributed by atoms with Gasteiger partial charge in [0.1, 0.15) is 0 Å². The molecule has 2 N–H and O–H groups in total. The minimum Gasteiger partial charge on any atom is -0.397 e. The van der Waals surface area contributed by atoms with Gasteiger partial charge in [-0.1, -0.05) is 18.2 Å². The second-order valence-electron chi connectivity index (χ2n) is 5.57. The van der Waals surface area contributed by atoms with Crippen molar-refractivity contribution in [3.05, 3.63) is 48.0 Å². The van der Waals surface area contributed by atoms with Crippen molar-refractivity contribution >= 4 is 27.1 Å². The molecule has 0 amide bonds. The quantitative estimate of drug-likeness (QED) is 0.880. The molecule has 1 heterocycles. The Hall–Kier alpha value is -2.21. The molecule has 0 saturated carbocycles. The lowest BCUT2D eigenvalue weighted by molar-refractivity contribution is 0.592. The lowest BCUT2D eigenvalue weighted by Crippen LogP contribution is -2.29. The first-order valence-electron chi connectivity index (χ1n) is 7.09. The largest absolute Gasteiger partial charge is 0.397 e. The SMILES string of the molecule is CN(C)c1ccc(S(=O)(=O)N2CCc3ccccc32)cc1N. The van der Waals surface area contributed by atoms with E-state index in [1.165, 1.54) is 10.4 Å². The van der Waals surface area contributed by atoms with Crippen LogP contribution in [0.15, 0.2) is 47.4 Å². The molecule has 5 nitrogen and oxygen atoms in total. The van der Waals surface area contributed by atoms with Crippen LogP contribution < -0.4 is 14.9 Å². The van der Waals surface area contributed by atoms with E-state index in [1.807, 2.05) is 43.3 Å². The highest BCUT2D eigenvalue weighted by atomic mass is 32.2. The second-order valence-corrected chi connectivity index (χ2v) is 7.43. The van der Waals surface area contributed by atoms with E-state index >= 15 is 0 Å². The summed E-state index contributed by atoms with van der Waals surface area (Å²) in [5, 5.41) is 0. The fraction of sp³-hybridized carbons (Fsp3) is 0.250. The fourth-order valence-corrected chi connectivity index (χ4v) is 4.32. The molecular formula is C16H19N3O2S. The van der Waals surface area contributed by atoms with Crippen molar-refractivity contribution in [1.82, 2.24) is 0 Å². The number of rotatable bonds is 3. The van der Waals surface area contributed by atoms with Crippen molar-refractivity contribution in [2.75, 3.05) is 35.6 Å². The number of nitrogens with two attached hydrogens (primary N) is 1. The number of nitrogen functional groups attached to an aromatic ring is 1. The number of hydrogen-bond acceptors (Lipinski definition) is 4. The Balaban J connectivity index is 2.03. The summed E-state index contributed by atoms with van der Waals surface area (Å²) in [6.07, 6.45) is 0.737. The van der Waals surface area contributed by atoms with Crippen molar-refractivity contribution in [1.29, 1.82) is 0 Å². The van der Waals surface area contributed by atoms with Crippen LogP contribution in [0, 0.1) is 0 Å². The van der Waals surface area contributed by atoms with Gasteiger partial charge in [0, 0.05) is 20.6 Å². The van der Waals surface area contributed by atoms with E-state index in [0.717, 1.165) is 23.4 Å². The summed E-state index contributed by atoms with van der Waals surface area (Å²) in [5.74, 6) is 0. The summed E-state index contributed by atoms with van der Waals surface area (Å²) in [7, 11) is 0.161. The van der Waals surface area contributed by atoms with Crippen LogP contribution in [0.3, 0.4) is 0 Å². The lowest BCUT2D eigenvalue weighted by atomic mass is 10.2. The van der Waals surface area contributed by atoms with E-state index < -0.39 is 10.0 Å². The standard InChI is InChI=1S/C16H19N3O2S/c1-18(2)16-8-7-13(11-14(16)17)22(20,21)19-10-9-12-5-3-4-6-15(12)19/h3-8,11H,9-10,17H2,1-2H3. The highest BCUT2D eigenvalue weighted by Crippen LogP contribution is 2.34. The lowest BCUT2D eigenvalue weighted by Gasteiger charge is -2.21. The summed E-state index contributed by atoms with van der Waals surface area (Å²) in [4.78, 5) is 2.09. The third-order valence-electron chi connectivity index (χ3n) is 3.91. The molecule has 0 radical (unpaired) electrons. The van der Waals surface area contributed by atoms with Gasteiger partial charge in [0.05, 0.1) is 22.0 Å². The third kappa shape index (κ3) is 2.29. The number of hydrogen-bond donors (Lipinski definition) is 1. The van der Waals surface area contributed by atoms with Crippen LogP contribution in [0.2, 0.25) is 0 Å². The molecule has 22 heavy (non-hydrogen) atoms. The van der Waals surface area contributed by atoms with Gasteiger partial charge in [-0.2, -0.15) is 0 Å². The molecule has 0 unspecified atom stereocenters. The van der Waals surface area contributed by atoms with Gasteiger partial charge in [-0.3, -0.25) is 4.31 Å². The maximum Gasteiger partial charge on any atom is 0.264 e. The molecular weight excluding hydrogens is 298 g/mol. The Kier molecular flexibility index (Phi) is 3.48. The van der Waals surface area contributed by atoms with Crippen LogP contribution in [-0.4, -0.2) is 29.1 Å². The summed E-state index contributed by atoms with van der Waals surface area (Å²) in [5.41, 5.74) is 9.07. The molecule has 0 bridgehead atoms. The van der Waals surface area contributed by atoms with Crippen molar-refractivity contribution in [3.8, 4) is 0 Å². The molecule has 0 aromatic heterocycles. The number of sulfonamides is 1. The predicted octanol–water partition coefficient (Wildman–Crippen LogP) is 2.09. The number of benzene rings is 2.